The van der Waals surface area contributed by atoms with E-state index >= 15 is 0 Å². The normalized spacial score (nSPS) is 15.1. The molecule has 0 spiro atoms. The molecule has 1 aromatic carbocycles. The van der Waals surface area contributed by atoms with Gasteiger partial charge >= 0.3 is 0 Å². The molecule has 1 unspecified atom stereocenters. The first-order valence-electron chi connectivity index (χ1n) is 7.66. The Morgan fingerprint density at radius 2 is 1.96 bits per heavy atom. The van der Waals surface area contributed by atoms with Gasteiger partial charge in [0.15, 0.2) is 0 Å². The average Bonchev–Trinajstić information content (AvgIpc) is 2.98. The van der Waals surface area contributed by atoms with Crippen LogP contribution in [0.2, 0.25) is 0 Å². The van der Waals surface area contributed by atoms with Gasteiger partial charge < -0.3 is 4.98 Å². The van der Waals surface area contributed by atoms with Gasteiger partial charge in [-0.15, -0.1) is 0 Å². The number of hydrogen-bond acceptors (Lipinski definition) is 4. The molecular formula is C16H20N4O2S. The molecule has 122 valence electrons. The number of nitrogens with one attached hydrogen (secondary N) is 2. The number of H-pyrrole nitrogens is 1. The zero-order valence-corrected chi connectivity index (χ0v) is 14.2. The number of sulfonamides is 1. The van der Waals surface area contributed by atoms with Gasteiger partial charge in [0.05, 0.1) is 17.2 Å². The monoisotopic (exact) mass is 332 g/mol. The van der Waals surface area contributed by atoms with Gasteiger partial charge in [0.25, 0.3) is 0 Å². The number of pyridine rings is 1. The van der Waals surface area contributed by atoms with Crippen molar-refractivity contribution in [2.45, 2.75) is 31.9 Å². The molecule has 2 N–H and O–H groups in total. The lowest BCUT2D eigenvalue weighted by Gasteiger charge is -2.25. The van der Waals surface area contributed by atoms with E-state index in [0.717, 1.165) is 16.4 Å². The molecule has 3 aromatic rings. The van der Waals surface area contributed by atoms with E-state index in [2.05, 4.69) is 19.7 Å². The van der Waals surface area contributed by atoms with Crippen molar-refractivity contribution in [2.75, 3.05) is 6.54 Å². The van der Waals surface area contributed by atoms with Gasteiger partial charge in [-0.05, 0) is 19.4 Å². The minimum absolute atomic E-state index is 0.350. The van der Waals surface area contributed by atoms with Gasteiger partial charge in [-0.2, -0.15) is 0 Å². The molecule has 0 saturated carbocycles. The van der Waals surface area contributed by atoms with E-state index in [-0.39, 0.29) is 0 Å². The highest BCUT2D eigenvalue weighted by atomic mass is 32.2. The maximum atomic E-state index is 12.6. The number of para-hydroxylation sites is 1. The minimum Gasteiger partial charge on any atom is -0.340 e. The SMILES string of the molecule is CCNS(=O)(=O)C(C)(CC)c1nc2cnc3ccccc3c2[nH]1. The highest BCUT2D eigenvalue weighted by Gasteiger charge is 2.41. The number of fused-ring (bicyclic) bond motifs is 3. The Balaban J connectivity index is 2.25. The summed E-state index contributed by atoms with van der Waals surface area (Å²) in [5.41, 5.74) is 2.34. The van der Waals surface area contributed by atoms with Crippen LogP contribution in [0.5, 0.6) is 0 Å². The van der Waals surface area contributed by atoms with Crippen molar-refractivity contribution in [1.82, 2.24) is 19.7 Å². The van der Waals surface area contributed by atoms with Crippen molar-refractivity contribution in [2.24, 2.45) is 0 Å². The molecule has 0 fully saturated rings. The second kappa shape index (κ2) is 5.58. The molecule has 23 heavy (non-hydrogen) atoms. The topological polar surface area (TPSA) is 87.7 Å². The third-order valence-corrected chi connectivity index (χ3v) is 6.67. The number of benzene rings is 1. The quantitative estimate of drug-likeness (QED) is 0.752. The molecule has 0 radical (unpaired) electrons. The minimum atomic E-state index is -3.54. The molecule has 0 saturated heterocycles. The van der Waals surface area contributed by atoms with E-state index < -0.39 is 14.8 Å². The Bertz CT molecular complexity index is 965. The fourth-order valence-electron chi connectivity index (χ4n) is 2.70. The summed E-state index contributed by atoms with van der Waals surface area (Å²) < 4.78 is 26.7. The molecule has 0 bridgehead atoms. The first kappa shape index (κ1) is 15.9. The van der Waals surface area contributed by atoms with Gasteiger partial charge in [0.1, 0.15) is 16.1 Å². The van der Waals surface area contributed by atoms with E-state index in [9.17, 15) is 8.42 Å². The predicted molar refractivity (Wildman–Crippen MR) is 91.6 cm³/mol. The van der Waals surface area contributed by atoms with Gasteiger partial charge in [-0.3, -0.25) is 4.98 Å². The summed E-state index contributed by atoms with van der Waals surface area (Å²) in [7, 11) is -3.54. The van der Waals surface area contributed by atoms with Crippen molar-refractivity contribution in [3.63, 3.8) is 0 Å². The smallest absolute Gasteiger partial charge is 0.224 e. The molecule has 3 rings (SSSR count). The number of imidazole rings is 1. The van der Waals surface area contributed by atoms with E-state index in [1.807, 2.05) is 31.2 Å². The number of hydrogen-bond donors (Lipinski definition) is 2. The van der Waals surface area contributed by atoms with Crippen molar-refractivity contribution in [3.8, 4) is 0 Å². The first-order valence-corrected chi connectivity index (χ1v) is 9.14. The van der Waals surface area contributed by atoms with Gasteiger partial charge in [0.2, 0.25) is 10.0 Å². The third kappa shape index (κ3) is 2.40. The van der Waals surface area contributed by atoms with Crippen molar-refractivity contribution in [3.05, 3.63) is 36.3 Å². The van der Waals surface area contributed by atoms with Crippen molar-refractivity contribution < 1.29 is 8.42 Å². The summed E-state index contributed by atoms with van der Waals surface area (Å²) in [5.74, 6) is 0.439. The summed E-state index contributed by atoms with van der Waals surface area (Å²) in [6.07, 6.45) is 2.08. The molecule has 7 heteroatoms. The highest BCUT2D eigenvalue weighted by Crippen LogP contribution is 2.33. The Morgan fingerprint density at radius 3 is 2.65 bits per heavy atom. The lowest BCUT2D eigenvalue weighted by atomic mass is 10.1. The van der Waals surface area contributed by atoms with Crippen LogP contribution in [-0.4, -0.2) is 29.9 Å². The zero-order chi connectivity index (χ0) is 16.7. The molecule has 0 aliphatic heterocycles. The van der Waals surface area contributed by atoms with Gasteiger partial charge in [-0.25, -0.2) is 18.1 Å². The van der Waals surface area contributed by atoms with Crippen LogP contribution in [0.25, 0.3) is 21.9 Å². The van der Waals surface area contributed by atoms with Crippen LogP contribution < -0.4 is 4.72 Å². The molecular weight excluding hydrogens is 312 g/mol. The van der Waals surface area contributed by atoms with E-state index in [4.69, 9.17) is 0 Å². The largest absolute Gasteiger partial charge is 0.340 e. The third-order valence-electron chi connectivity index (χ3n) is 4.33. The maximum absolute atomic E-state index is 12.6. The van der Waals surface area contributed by atoms with Crippen molar-refractivity contribution in [1.29, 1.82) is 0 Å². The Morgan fingerprint density at radius 1 is 1.22 bits per heavy atom. The fraction of sp³-hybridized carbons (Fsp3) is 0.375. The second-order valence-corrected chi connectivity index (χ2v) is 7.90. The number of rotatable bonds is 5. The Labute approximate surface area is 135 Å². The van der Waals surface area contributed by atoms with E-state index in [1.165, 1.54) is 0 Å². The summed E-state index contributed by atoms with van der Waals surface area (Å²) >= 11 is 0. The lowest BCUT2D eigenvalue weighted by Crippen LogP contribution is -2.42. The Kier molecular flexibility index (Phi) is 3.85. The molecule has 0 aliphatic carbocycles. The average molecular weight is 332 g/mol. The summed E-state index contributed by atoms with van der Waals surface area (Å²) in [4.78, 5) is 12.1. The second-order valence-electron chi connectivity index (χ2n) is 5.71. The fourth-order valence-corrected chi connectivity index (χ4v) is 4.13. The number of aromatic nitrogens is 3. The summed E-state index contributed by atoms with van der Waals surface area (Å²) in [5, 5.41) is 0.933. The Hall–Kier alpha value is -1.99. The van der Waals surface area contributed by atoms with Crippen LogP contribution in [0.4, 0.5) is 0 Å². The van der Waals surface area contributed by atoms with Gasteiger partial charge in [-0.1, -0.05) is 32.0 Å². The number of aromatic amines is 1. The summed E-state index contributed by atoms with van der Waals surface area (Å²) in [6.45, 7) is 5.66. The first-order chi connectivity index (χ1) is 10.9. The standard InChI is InChI=1S/C16H20N4O2S/c1-4-16(3,23(21,22)18-5-2)15-19-13-10-17-12-9-7-6-8-11(12)14(13)20-15/h6-10,18H,4-5H2,1-3H3,(H,19,20). The zero-order valence-electron chi connectivity index (χ0n) is 13.4. The molecule has 0 aliphatic rings. The molecule has 2 aromatic heterocycles. The predicted octanol–water partition coefficient (Wildman–Crippen LogP) is 2.68. The van der Waals surface area contributed by atoms with Crippen molar-refractivity contribution >= 4 is 32.0 Å². The van der Waals surface area contributed by atoms with E-state index in [1.54, 1.807) is 20.0 Å². The lowest BCUT2D eigenvalue weighted by molar-refractivity contribution is 0.506. The highest BCUT2D eigenvalue weighted by molar-refractivity contribution is 7.90. The summed E-state index contributed by atoms with van der Waals surface area (Å²) in [6, 6.07) is 7.72. The van der Waals surface area contributed by atoms with Gasteiger partial charge in [0, 0.05) is 11.9 Å². The molecule has 0 amide bonds. The van der Waals surface area contributed by atoms with Crippen LogP contribution in [0.1, 0.15) is 33.0 Å². The molecule has 6 nitrogen and oxygen atoms in total. The van der Waals surface area contributed by atoms with Crippen LogP contribution in [0, 0.1) is 0 Å². The van der Waals surface area contributed by atoms with E-state index in [0.29, 0.717) is 24.3 Å². The molecule has 1 atom stereocenters. The number of nitrogens with zero attached hydrogens (tertiary/aromatic N) is 2. The molecule has 2 heterocycles. The maximum Gasteiger partial charge on any atom is 0.224 e. The van der Waals surface area contributed by atoms with Crippen LogP contribution >= 0.6 is 0 Å². The van der Waals surface area contributed by atoms with Crippen LogP contribution in [-0.2, 0) is 14.8 Å². The van der Waals surface area contributed by atoms with Crippen LogP contribution in [0.15, 0.2) is 30.5 Å². The van der Waals surface area contributed by atoms with Crippen LogP contribution in [0.3, 0.4) is 0 Å².